The minimum absolute atomic E-state index is 0.691. The Hall–Kier alpha value is -2.75. The molecule has 0 unspecified atom stereocenters. The topological polar surface area (TPSA) is 43.4 Å². The standard InChI is InChI=1S/C18H18N2O2/c1-21-16-9-8-13(11-17(16)22-2)12-20-15-7-3-5-14-6-4-10-19-18(14)15/h3-11,20H,12H2,1-2H3. The number of anilines is 1. The van der Waals surface area contributed by atoms with E-state index in [0.717, 1.165) is 33.7 Å². The van der Waals surface area contributed by atoms with E-state index in [0.29, 0.717) is 6.54 Å². The van der Waals surface area contributed by atoms with Crippen LogP contribution < -0.4 is 14.8 Å². The first-order valence-corrected chi connectivity index (χ1v) is 7.10. The molecular weight excluding hydrogens is 276 g/mol. The molecule has 2 aromatic carbocycles. The molecule has 0 spiro atoms. The number of para-hydroxylation sites is 1. The van der Waals surface area contributed by atoms with Gasteiger partial charge in [-0.25, -0.2) is 0 Å². The smallest absolute Gasteiger partial charge is 0.161 e. The van der Waals surface area contributed by atoms with Gasteiger partial charge in [0.05, 0.1) is 25.4 Å². The molecule has 1 N–H and O–H groups in total. The van der Waals surface area contributed by atoms with E-state index in [2.05, 4.69) is 22.4 Å². The maximum absolute atomic E-state index is 5.33. The van der Waals surface area contributed by atoms with Crippen molar-refractivity contribution in [3.8, 4) is 11.5 Å². The normalized spacial score (nSPS) is 10.5. The van der Waals surface area contributed by atoms with Crippen molar-refractivity contribution in [3.05, 3.63) is 60.3 Å². The molecule has 0 saturated heterocycles. The summed E-state index contributed by atoms with van der Waals surface area (Å²) in [7, 11) is 3.28. The summed E-state index contributed by atoms with van der Waals surface area (Å²) in [6.45, 7) is 0.691. The first-order valence-electron chi connectivity index (χ1n) is 7.10. The number of pyridine rings is 1. The van der Waals surface area contributed by atoms with Gasteiger partial charge in [-0.3, -0.25) is 4.98 Å². The highest BCUT2D eigenvalue weighted by Crippen LogP contribution is 2.28. The lowest BCUT2D eigenvalue weighted by Crippen LogP contribution is -2.01. The fourth-order valence-corrected chi connectivity index (χ4v) is 2.43. The zero-order valence-electron chi connectivity index (χ0n) is 12.7. The zero-order valence-corrected chi connectivity index (χ0v) is 12.7. The van der Waals surface area contributed by atoms with E-state index < -0.39 is 0 Å². The molecule has 0 fully saturated rings. The zero-order chi connectivity index (χ0) is 15.4. The van der Waals surface area contributed by atoms with E-state index in [1.54, 1.807) is 14.2 Å². The van der Waals surface area contributed by atoms with Crippen molar-refractivity contribution in [1.29, 1.82) is 0 Å². The maximum Gasteiger partial charge on any atom is 0.161 e. The SMILES string of the molecule is COc1ccc(CNc2cccc3cccnc23)cc1OC. The molecule has 0 aliphatic carbocycles. The van der Waals surface area contributed by atoms with Gasteiger partial charge in [-0.05, 0) is 29.8 Å². The predicted molar refractivity (Wildman–Crippen MR) is 88.6 cm³/mol. The first-order chi connectivity index (χ1) is 10.8. The van der Waals surface area contributed by atoms with Gasteiger partial charge in [0.15, 0.2) is 11.5 Å². The fourth-order valence-electron chi connectivity index (χ4n) is 2.43. The largest absolute Gasteiger partial charge is 0.493 e. The van der Waals surface area contributed by atoms with Crippen molar-refractivity contribution < 1.29 is 9.47 Å². The quantitative estimate of drug-likeness (QED) is 0.776. The highest BCUT2D eigenvalue weighted by atomic mass is 16.5. The molecule has 112 valence electrons. The minimum atomic E-state index is 0.691. The minimum Gasteiger partial charge on any atom is -0.493 e. The summed E-state index contributed by atoms with van der Waals surface area (Å²) in [6.07, 6.45) is 1.81. The van der Waals surface area contributed by atoms with Crippen LogP contribution in [0.1, 0.15) is 5.56 Å². The monoisotopic (exact) mass is 294 g/mol. The number of nitrogens with one attached hydrogen (secondary N) is 1. The van der Waals surface area contributed by atoms with Gasteiger partial charge in [0.1, 0.15) is 0 Å². The number of methoxy groups -OCH3 is 2. The van der Waals surface area contributed by atoms with Gasteiger partial charge in [-0.1, -0.05) is 24.3 Å². The van der Waals surface area contributed by atoms with Crippen LogP contribution in [0.4, 0.5) is 5.69 Å². The number of aromatic nitrogens is 1. The van der Waals surface area contributed by atoms with Crippen LogP contribution in [0.25, 0.3) is 10.9 Å². The third-order valence-corrected chi connectivity index (χ3v) is 3.56. The van der Waals surface area contributed by atoms with Crippen LogP contribution in [0.3, 0.4) is 0 Å². The second-order valence-corrected chi connectivity index (χ2v) is 4.92. The Morgan fingerprint density at radius 3 is 2.59 bits per heavy atom. The summed E-state index contributed by atoms with van der Waals surface area (Å²) in [5.74, 6) is 1.47. The summed E-state index contributed by atoms with van der Waals surface area (Å²) in [5, 5.41) is 4.56. The predicted octanol–water partition coefficient (Wildman–Crippen LogP) is 3.86. The van der Waals surface area contributed by atoms with Gasteiger partial charge in [-0.2, -0.15) is 0 Å². The van der Waals surface area contributed by atoms with E-state index in [4.69, 9.17) is 9.47 Å². The molecular formula is C18H18N2O2. The average molecular weight is 294 g/mol. The third kappa shape index (κ3) is 2.81. The van der Waals surface area contributed by atoms with E-state index in [1.165, 1.54) is 0 Å². The number of benzene rings is 2. The summed E-state index contributed by atoms with van der Waals surface area (Å²) < 4.78 is 10.6. The lowest BCUT2D eigenvalue weighted by atomic mass is 10.1. The fraction of sp³-hybridized carbons (Fsp3) is 0.167. The van der Waals surface area contributed by atoms with E-state index in [1.807, 2.05) is 42.6 Å². The van der Waals surface area contributed by atoms with Crippen molar-refractivity contribution in [1.82, 2.24) is 4.98 Å². The molecule has 22 heavy (non-hydrogen) atoms. The van der Waals surface area contributed by atoms with Gasteiger partial charge in [-0.15, -0.1) is 0 Å². The van der Waals surface area contributed by atoms with Crippen LogP contribution in [-0.2, 0) is 6.54 Å². The van der Waals surface area contributed by atoms with Crippen LogP contribution >= 0.6 is 0 Å². The maximum atomic E-state index is 5.33. The van der Waals surface area contributed by atoms with Crippen molar-refractivity contribution in [2.75, 3.05) is 19.5 Å². The second kappa shape index (κ2) is 6.35. The average Bonchev–Trinajstić information content (AvgIpc) is 2.59. The van der Waals surface area contributed by atoms with Crippen molar-refractivity contribution in [2.45, 2.75) is 6.54 Å². The summed E-state index contributed by atoms with van der Waals surface area (Å²) in [6, 6.07) is 16.0. The molecule has 3 rings (SSSR count). The Morgan fingerprint density at radius 1 is 0.955 bits per heavy atom. The number of hydrogen-bond donors (Lipinski definition) is 1. The van der Waals surface area contributed by atoms with Crippen molar-refractivity contribution in [3.63, 3.8) is 0 Å². The molecule has 4 nitrogen and oxygen atoms in total. The molecule has 0 aliphatic heterocycles. The molecule has 3 aromatic rings. The van der Waals surface area contributed by atoms with Crippen LogP contribution in [-0.4, -0.2) is 19.2 Å². The number of nitrogens with zero attached hydrogens (tertiary/aromatic N) is 1. The molecule has 4 heteroatoms. The number of fused-ring (bicyclic) bond motifs is 1. The Kier molecular flexibility index (Phi) is 4.10. The van der Waals surface area contributed by atoms with Gasteiger partial charge in [0.25, 0.3) is 0 Å². The second-order valence-electron chi connectivity index (χ2n) is 4.92. The lowest BCUT2D eigenvalue weighted by molar-refractivity contribution is 0.354. The van der Waals surface area contributed by atoms with E-state index in [9.17, 15) is 0 Å². The molecule has 0 aliphatic rings. The molecule has 0 saturated carbocycles. The molecule has 1 aromatic heterocycles. The Bertz CT molecular complexity index is 782. The molecule has 0 amide bonds. The molecule has 0 radical (unpaired) electrons. The van der Waals surface area contributed by atoms with Crippen LogP contribution in [0.5, 0.6) is 11.5 Å². The summed E-state index contributed by atoms with van der Waals surface area (Å²) in [5.41, 5.74) is 3.11. The van der Waals surface area contributed by atoms with E-state index >= 15 is 0 Å². The lowest BCUT2D eigenvalue weighted by Gasteiger charge is -2.12. The van der Waals surface area contributed by atoms with Gasteiger partial charge in [0.2, 0.25) is 0 Å². The van der Waals surface area contributed by atoms with Gasteiger partial charge >= 0.3 is 0 Å². The number of rotatable bonds is 5. The van der Waals surface area contributed by atoms with Crippen LogP contribution in [0, 0.1) is 0 Å². The highest BCUT2D eigenvalue weighted by molar-refractivity contribution is 5.90. The number of hydrogen-bond acceptors (Lipinski definition) is 4. The first kappa shape index (κ1) is 14.2. The summed E-state index contributed by atoms with van der Waals surface area (Å²) in [4.78, 5) is 4.45. The third-order valence-electron chi connectivity index (χ3n) is 3.56. The number of ether oxygens (including phenoxy) is 2. The molecule has 0 bridgehead atoms. The van der Waals surface area contributed by atoms with Crippen molar-refractivity contribution in [2.24, 2.45) is 0 Å². The molecule has 0 atom stereocenters. The highest BCUT2D eigenvalue weighted by Gasteiger charge is 2.05. The van der Waals surface area contributed by atoms with Gasteiger partial charge < -0.3 is 14.8 Å². The Morgan fingerprint density at radius 2 is 1.77 bits per heavy atom. The van der Waals surface area contributed by atoms with Gasteiger partial charge in [0, 0.05) is 18.1 Å². The Labute approximate surface area is 129 Å². The summed E-state index contributed by atoms with van der Waals surface area (Å²) >= 11 is 0. The van der Waals surface area contributed by atoms with E-state index in [-0.39, 0.29) is 0 Å². The van der Waals surface area contributed by atoms with Crippen LogP contribution in [0.15, 0.2) is 54.7 Å². The van der Waals surface area contributed by atoms with Crippen molar-refractivity contribution >= 4 is 16.6 Å². The Balaban J connectivity index is 1.82. The van der Waals surface area contributed by atoms with Crippen LogP contribution in [0.2, 0.25) is 0 Å². The molecule has 1 heterocycles.